The van der Waals surface area contributed by atoms with Crippen LogP contribution in [0, 0.1) is 5.82 Å². The second kappa shape index (κ2) is 10.4. The van der Waals surface area contributed by atoms with Crippen LogP contribution in [0.15, 0.2) is 36.4 Å². The summed E-state index contributed by atoms with van der Waals surface area (Å²) in [6.07, 6.45) is 0.769. The summed E-state index contributed by atoms with van der Waals surface area (Å²) in [7, 11) is 0. The van der Waals surface area contributed by atoms with Gasteiger partial charge < -0.3 is 20.1 Å². The number of hydrogen-bond donors (Lipinski definition) is 2. The molecule has 220 valence electrons. The number of halogens is 4. The molecule has 2 atom stereocenters. The van der Waals surface area contributed by atoms with Crippen molar-refractivity contribution < 1.29 is 22.6 Å². The highest BCUT2D eigenvalue weighted by molar-refractivity contribution is 6.36. The summed E-state index contributed by atoms with van der Waals surface area (Å²) in [6, 6.07) is 10.9. The highest BCUT2D eigenvalue weighted by Crippen LogP contribution is 2.48. The fourth-order valence-corrected chi connectivity index (χ4v) is 6.56. The maximum Gasteiger partial charge on any atom is 0.319 e. The molecule has 2 saturated heterocycles. The van der Waals surface area contributed by atoms with Crippen LogP contribution in [-0.2, 0) is 0 Å². The smallest absolute Gasteiger partial charge is 0.319 e. The standard InChI is InChI=1S/C30H30ClF3N6O2/c1-17-8-10-35-11-12-36-26-22-25(38-28(39-26)41-16-29-9-13-40(29)15-30(33,34)14-29)23(32)24(37-27(22)42-17)19-6-2-4-18-5-3-7-20(31)21(18)19/h2-7,17,35H,8-16H2,1H3,(H,36,38,39)/t17-,29?/m0/s1. The molecule has 2 fully saturated rings. The lowest BCUT2D eigenvalue weighted by atomic mass is 9.85. The molecule has 8 nitrogen and oxygen atoms in total. The lowest BCUT2D eigenvalue weighted by molar-refractivity contribution is -0.0132. The van der Waals surface area contributed by atoms with Crippen molar-refractivity contribution in [2.45, 2.75) is 43.8 Å². The van der Waals surface area contributed by atoms with Crippen molar-refractivity contribution in [2.75, 3.05) is 44.6 Å². The Morgan fingerprint density at radius 3 is 2.71 bits per heavy atom. The molecule has 2 N–H and O–H groups in total. The molecule has 0 aliphatic carbocycles. The van der Waals surface area contributed by atoms with Crippen LogP contribution in [0.5, 0.6) is 11.9 Å². The van der Waals surface area contributed by atoms with Gasteiger partial charge in [0.25, 0.3) is 5.92 Å². The van der Waals surface area contributed by atoms with E-state index in [-0.39, 0.29) is 48.8 Å². The van der Waals surface area contributed by atoms with E-state index in [1.165, 1.54) is 0 Å². The number of nitrogens with one attached hydrogen (secondary N) is 2. The molecule has 7 rings (SSSR count). The normalized spacial score (nSPS) is 23.9. The minimum absolute atomic E-state index is 0.0199. The van der Waals surface area contributed by atoms with Crippen LogP contribution in [0.3, 0.4) is 0 Å². The topological polar surface area (TPSA) is 84.4 Å². The Balaban J connectivity index is 1.38. The SMILES string of the molecule is C[C@H]1CCNCCNc2nc(OCC34CCN3CC(F)(F)C4)nc3c(F)c(-c4cccc5cccc(Cl)c45)nc(c23)O1. The van der Waals surface area contributed by atoms with Gasteiger partial charge in [0.15, 0.2) is 5.82 Å². The van der Waals surface area contributed by atoms with E-state index in [9.17, 15) is 8.78 Å². The van der Waals surface area contributed by atoms with Crippen LogP contribution in [0.1, 0.15) is 26.2 Å². The highest BCUT2D eigenvalue weighted by Gasteiger charge is 2.60. The van der Waals surface area contributed by atoms with Gasteiger partial charge >= 0.3 is 6.01 Å². The first-order chi connectivity index (χ1) is 20.2. The summed E-state index contributed by atoms with van der Waals surface area (Å²) >= 11 is 6.60. The Hall–Kier alpha value is -3.41. The van der Waals surface area contributed by atoms with E-state index in [4.69, 9.17) is 26.1 Å². The number of ether oxygens (including phenoxy) is 2. The van der Waals surface area contributed by atoms with Gasteiger partial charge in [-0.05, 0) is 37.8 Å². The monoisotopic (exact) mass is 598 g/mol. The van der Waals surface area contributed by atoms with E-state index in [1.807, 2.05) is 31.2 Å². The second-order valence-electron chi connectivity index (χ2n) is 11.4. The molecule has 0 saturated carbocycles. The minimum atomic E-state index is -2.77. The molecular weight excluding hydrogens is 569 g/mol. The third-order valence-corrected chi connectivity index (χ3v) is 8.79. The van der Waals surface area contributed by atoms with Gasteiger partial charge in [-0.15, -0.1) is 0 Å². The molecule has 0 radical (unpaired) electrons. The first-order valence-corrected chi connectivity index (χ1v) is 14.6. The van der Waals surface area contributed by atoms with Crippen LogP contribution < -0.4 is 20.1 Å². The Bertz CT molecular complexity index is 1690. The molecule has 0 spiro atoms. The maximum atomic E-state index is 16.6. The van der Waals surface area contributed by atoms with Crippen molar-refractivity contribution in [3.63, 3.8) is 0 Å². The van der Waals surface area contributed by atoms with E-state index in [1.54, 1.807) is 17.0 Å². The van der Waals surface area contributed by atoms with Crippen LogP contribution in [-0.4, -0.2) is 76.7 Å². The third kappa shape index (κ3) is 4.77. The Kier molecular flexibility index (Phi) is 6.79. The zero-order valence-electron chi connectivity index (χ0n) is 23.0. The lowest BCUT2D eigenvalue weighted by Crippen LogP contribution is -2.59. The summed E-state index contributed by atoms with van der Waals surface area (Å²) in [4.78, 5) is 15.5. The van der Waals surface area contributed by atoms with Gasteiger partial charge in [0.2, 0.25) is 5.88 Å². The fourth-order valence-electron chi connectivity index (χ4n) is 6.28. The Morgan fingerprint density at radius 1 is 1.10 bits per heavy atom. The van der Waals surface area contributed by atoms with Crippen molar-refractivity contribution in [3.05, 3.63) is 47.2 Å². The van der Waals surface area contributed by atoms with Crippen molar-refractivity contribution in [1.29, 1.82) is 0 Å². The number of pyridine rings is 1. The number of nitrogens with zero attached hydrogens (tertiary/aromatic N) is 4. The van der Waals surface area contributed by atoms with Gasteiger partial charge in [-0.2, -0.15) is 9.97 Å². The first kappa shape index (κ1) is 27.4. The highest BCUT2D eigenvalue weighted by atomic mass is 35.5. The van der Waals surface area contributed by atoms with Crippen LogP contribution in [0.2, 0.25) is 5.02 Å². The van der Waals surface area contributed by atoms with Gasteiger partial charge in [0.05, 0.1) is 18.2 Å². The molecule has 42 heavy (non-hydrogen) atoms. The number of alkyl halides is 2. The average Bonchev–Trinajstić information content (AvgIpc) is 3.12. The molecule has 3 aliphatic rings. The number of hydrogen-bond acceptors (Lipinski definition) is 8. The van der Waals surface area contributed by atoms with Gasteiger partial charge in [0.1, 0.15) is 29.0 Å². The first-order valence-electron chi connectivity index (χ1n) is 14.2. The van der Waals surface area contributed by atoms with E-state index in [0.29, 0.717) is 59.7 Å². The van der Waals surface area contributed by atoms with Crippen molar-refractivity contribution in [1.82, 2.24) is 25.2 Å². The van der Waals surface area contributed by atoms with E-state index in [0.717, 1.165) is 11.9 Å². The average molecular weight is 599 g/mol. The van der Waals surface area contributed by atoms with Gasteiger partial charge in [0, 0.05) is 42.0 Å². The predicted molar refractivity (Wildman–Crippen MR) is 155 cm³/mol. The minimum Gasteiger partial charge on any atom is -0.474 e. The summed E-state index contributed by atoms with van der Waals surface area (Å²) in [5.41, 5.74) is -0.283. The molecular formula is C30H30ClF3N6O2. The number of fused-ring (bicyclic) bond motifs is 2. The molecule has 4 aromatic rings. The molecule has 12 heteroatoms. The van der Waals surface area contributed by atoms with E-state index < -0.39 is 17.3 Å². The number of anilines is 1. The zero-order chi connectivity index (χ0) is 29.1. The largest absolute Gasteiger partial charge is 0.474 e. The van der Waals surface area contributed by atoms with Gasteiger partial charge in [-0.25, -0.2) is 18.2 Å². The summed E-state index contributed by atoms with van der Waals surface area (Å²) < 4.78 is 57.4. The second-order valence-corrected chi connectivity index (χ2v) is 11.8. The molecule has 2 aromatic carbocycles. The lowest BCUT2D eigenvalue weighted by Gasteiger charge is -2.46. The van der Waals surface area contributed by atoms with Crippen molar-refractivity contribution in [2.24, 2.45) is 0 Å². The van der Waals surface area contributed by atoms with Gasteiger partial charge in [-0.1, -0.05) is 41.9 Å². The maximum absolute atomic E-state index is 16.6. The summed E-state index contributed by atoms with van der Waals surface area (Å²) in [6.45, 7) is 4.06. The van der Waals surface area contributed by atoms with Crippen LogP contribution >= 0.6 is 11.6 Å². The molecule has 5 heterocycles. The zero-order valence-corrected chi connectivity index (χ0v) is 23.8. The fraction of sp³-hybridized carbons (Fsp3) is 0.433. The van der Waals surface area contributed by atoms with Crippen LogP contribution in [0.4, 0.5) is 19.0 Å². The summed E-state index contributed by atoms with van der Waals surface area (Å²) in [5, 5.41) is 8.84. The quantitative estimate of drug-likeness (QED) is 0.311. The van der Waals surface area contributed by atoms with Crippen molar-refractivity contribution in [3.8, 4) is 23.1 Å². The van der Waals surface area contributed by atoms with Gasteiger partial charge in [-0.3, -0.25) is 4.90 Å². The third-order valence-electron chi connectivity index (χ3n) is 8.47. The Labute approximate surface area is 245 Å². The Morgan fingerprint density at radius 2 is 1.93 bits per heavy atom. The van der Waals surface area contributed by atoms with E-state index in [2.05, 4.69) is 20.6 Å². The molecule has 3 aliphatic heterocycles. The molecule has 0 bridgehead atoms. The number of benzene rings is 2. The number of rotatable bonds is 4. The predicted octanol–water partition coefficient (Wildman–Crippen LogP) is 5.67. The van der Waals surface area contributed by atoms with Crippen molar-refractivity contribution >= 4 is 39.1 Å². The summed E-state index contributed by atoms with van der Waals surface area (Å²) in [5.74, 6) is -2.97. The van der Waals surface area contributed by atoms with E-state index >= 15 is 4.39 Å². The number of aromatic nitrogens is 3. The molecule has 2 aromatic heterocycles. The van der Waals surface area contributed by atoms with Crippen LogP contribution in [0.25, 0.3) is 32.9 Å². The molecule has 0 amide bonds. The molecule has 1 unspecified atom stereocenters.